The minimum atomic E-state index is 1.16. The van der Waals surface area contributed by atoms with Gasteiger partial charge in [-0.3, -0.25) is 4.98 Å². The molecule has 0 N–H and O–H groups in total. The quantitative estimate of drug-likeness (QED) is 0.567. The Kier molecular flexibility index (Phi) is 1.72. The van der Waals surface area contributed by atoms with Crippen molar-refractivity contribution in [3.63, 3.8) is 0 Å². The first-order valence-electron chi connectivity index (χ1n) is 4.38. The molecule has 0 fully saturated rings. The lowest BCUT2D eigenvalue weighted by Crippen LogP contribution is -2.01. The van der Waals surface area contributed by atoms with E-state index in [0.717, 1.165) is 6.42 Å². The molecule has 0 saturated heterocycles. The summed E-state index contributed by atoms with van der Waals surface area (Å²) in [5.41, 5.74) is 5.77. The summed E-state index contributed by atoms with van der Waals surface area (Å²) in [7, 11) is 0. The molecule has 1 heterocycles. The molecule has 0 atom stereocenters. The van der Waals surface area contributed by atoms with Gasteiger partial charge in [-0.15, -0.1) is 0 Å². The van der Waals surface area contributed by atoms with Crippen LogP contribution < -0.4 is 0 Å². The molecule has 1 aliphatic rings. The van der Waals surface area contributed by atoms with Gasteiger partial charge in [-0.25, -0.2) is 0 Å². The van der Waals surface area contributed by atoms with Crippen molar-refractivity contribution in [3.8, 4) is 0 Å². The Morgan fingerprint density at radius 2 is 2.08 bits per heavy atom. The fourth-order valence-corrected chi connectivity index (χ4v) is 1.73. The van der Waals surface area contributed by atoms with E-state index in [1.807, 2.05) is 12.4 Å². The summed E-state index contributed by atoms with van der Waals surface area (Å²) in [6.45, 7) is 4.42. The van der Waals surface area contributed by atoms with Crippen molar-refractivity contribution in [1.29, 1.82) is 0 Å². The van der Waals surface area contributed by atoms with Gasteiger partial charge in [0.2, 0.25) is 0 Å². The van der Waals surface area contributed by atoms with Crippen molar-refractivity contribution in [2.24, 2.45) is 0 Å². The van der Waals surface area contributed by atoms with E-state index < -0.39 is 0 Å². The third-order valence-electron chi connectivity index (χ3n) is 2.72. The molecule has 0 bridgehead atoms. The maximum absolute atomic E-state index is 4.13. The summed E-state index contributed by atoms with van der Waals surface area (Å²) >= 11 is 0. The fraction of sp³-hybridized carbons (Fsp3) is 0.364. The summed E-state index contributed by atoms with van der Waals surface area (Å²) in [5, 5.41) is 0. The number of hydrogen-bond donors (Lipinski definition) is 0. The number of fused-ring (bicyclic) bond motifs is 1. The third-order valence-corrected chi connectivity index (χ3v) is 2.72. The maximum atomic E-state index is 4.13. The molecule has 2 rings (SSSR count). The Morgan fingerprint density at radius 3 is 2.92 bits per heavy atom. The van der Waals surface area contributed by atoms with Crippen molar-refractivity contribution < 1.29 is 0 Å². The van der Waals surface area contributed by atoms with E-state index in [4.69, 9.17) is 0 Å². The smallest absolute Gasteiger partial charge is 0.0306 e. The number of rotatable bonds is 0. The molecule has 0 aliphatic heterocycles. The van der Waals surface area contributed by atoms with E-state index in [-0.39, 0.29) is 0 Å². The highest BCUT2D eigenvalue weighted by Gasteiger charge is 2.11. The first-order chi connectivity index (χ1) is 5.79. The second-order valence-electron chi connectivity index (χ2n) is 3.44. The Morgan fingerprint density at radius 1 is 1.25 bits per heavy atom. The van der Waals surface area contributed by atoms with E-state index in [2.05, 4.69) is 24.9 Å². The largest absolute Gasteiger partial charge is 0.264 e. The van der Waals surface area contributed by atoms with Crippen LogP contribution in [0.2, 0.25) is 0 Å². The highest BCUT2D eigenvalue weighted by molar-refractivity contribution is 5.70. The van der Waals surface area contributed by atoms with E-state index in [0.29, 0.717) is 0 Å². The average Bonchev–Trinajstić information content (AvgIpc) is 2.12. The molecule has 0 saturated carbocycles. The Bertz CT molecular complexity index is 337. The minimum absolute atomic E-state index is 1.16. The predicted molar refractivity (Wildman–Crippen MR) is 50.8 cm³/mol. The maximum Gasteiger partial charge on any atom is 0.0306 e. The topological polar surface area (TPSA) is 12.9 Å². The lowest BCUT2D eigenvalue weighted by atomic mass is 9.88. The number of nitrogens with zero attached hydrogens (tertiary/aromatic N) is 1. The molecule has 1 nitrogen and oxygen atoms in total. The van der Waals surface area contributed by atoms with Gasteiger partial charge < -0.3 is 0 Å². The van der Waals surface area contributed by atoms with Crippen LogP contribution >= 0.6 is 0 Å². The monoisotopic (exact) mass is 159 g/mol. The SMILES string of the molecule is CC1=C(C)c2ccncc2CC1. The number of aromatic nitrogens is 1. The average molecular weight is 159 g/mol. The molecule has 0 aromatic carbocycles. The van der Waals surface area contributed by atoms with Crippen molar-refractivity contribution in [1.82, 2.24) is 4.98 Å². The van der Waals surface area contributed by atoms with Gasteiger partial charge in [-0.05, 0) is 49.5 Å². The van der Waals surface area contributed by atoms with Gasteiger partial charge in [0, 0.05) is 12.4 Å². The van der Waals surface area contributed by atoms with Crippen molar-refractivity contribution >= 4 is 5.57 Å². The summed E-state index contributed by atoms with van der Waals surface area (Å²) in [5.74, 6) is 0. The molecule has 0 spiro atoms. The van der Waals surface area contributed by atoms with Crippen LogP contribution in [0.15, 0.2) is 24.0 Å². The lowest BCUT2D eigenvalue weighted by molar-refractivity contribution is 0.906. The van der Waals surface area contributed by atoms with Crippen LogP contribution in [0.25, 0.3) is 5.57 Å². The summed E-state index contributed by atoms with van der Waals surface area (Å²) < 4.78 is 0. The molecule has 1 heteroatoms. The van der Waals surface area contributed by atoms with Gasteiger partial charge in [0.15, 0.2) is 0 Å². The van der Waals surface area contributed by atoms with Gasteiger partial charge >= 0.3 is 0 Å². The molecule has 0 radical (unpaired) electrons. The zero-order valence-electron chi connectivity index (χ0n) is 7.59. The van der Waals surface area contributed by atoms with E-state index in [9.17, 15) is 0 Å². The zero-order chi connectivity index (χ0) is 8.55. The van der Waals surface area contributed by atoms with Crippen molar-refractivity contribution in [2.75, 3.05) is 0 Å². The van der Waals surface area contributed by atoms with Crippen LogP contribution in [0.3, 0.4) is 0 Å². The standard InChI is InChI=1S/C11H13N/c1-8-3-4-10-7-12-6-5-11(10)9(8)2/h5-7H,3-4H2,1-2H3. The number of aryl methyl sites for hydroxylation is 1. The van der Waals surface area contributed by atoms with Crippen LogP contribution in [0.4, 0.5) is 0 Å². The van der Waals surface area contributed by atoms with Crippen LogP contribution in [0.1, 0.15) is 31.4 Å². The molecule has 1 aliphatic carbocycles. The second-order valence-corrected chi connectivity index (χ2v) is 3.44. The van der Waals surface area contributed by atoms with Gasteiger partial charge in [0.1, 0.15) is 0 Å². The summed E-state index contributed by atoms with van der Waals surface area (Å²) in [6.07, 6.45) is 6.23. The molecular formula is C11H13N. The summed E-state index contributed by atoms with van der Waals surface area (Å²) in [6, 6.07) is 2.12. The highest BCUT2D eigenvalue weighted by Crippen LogP contribution is 2.29. The molecule has 12 heavy (non-hydrogen) atoms. The molecule has 0 unspecified atom stereocenters. The fourth-order valence-electron chi connectivity index (χ4n) is 1.73. The van der Waals surface area contributed by atoms with Gasteiger partial charge in [0.25, 0.3) is 0 Å². The minimum Gasteiger partial charge on any atom is -0.264 e. The zero-order valence-corrected chi connectivity index (χ0v) is 7.59. The van der Waals surface area contributed by atoms with Crippen LogP contribution in [-0.2, 0) is 6.42 Å². The first-order valence-corrected chi connectivity index (χ1v) is 4.38. The normalized spacial score (nSPS) is 16.2. The summed E-state index contributed by atoms with van der Waals surface area (Å²) in [4.78, 5) is 4.13. The van der Waals surface area contributed by atoms with Gasteiger partial charge in [0.05, 0.1) is 0 Å². The number of pyridine rings is 1. The molecule has 1 aromatic rings. The van der Waals surface area contributed by atoms with Gasteiger partial charge in [-0.2, -0.15) is 0 Å². The van der Waals surface area contributed by atoms with Crippen LogP contribution in [-0.4, -0.2) is 4.98 Å². The molecule has 0 amide bonds. The highest BCUT2D eigenvalue weighted by atomic mass is 14.6. The third kappa shape index (κ3) is 1.06. The predicted octanol–water partition coefficient (Wildman–Crippen LogP) is 2.82. The number of hydrogen-bond acceptors (Lipinski definition) is 1. The van der Waals surface area contributed by atoms with Crippen molar-refractivity contribution in [3.05, 3.63) is 35.2 Å². The molecule has 1 aromatic heterocycles. The lowest BCUT2D eigenvalue weighted by Gasteiger charge is -2.17. The van der Waals surface area contributed by atoms with E-state index in [1.165, 1.54) is 28.7 Å². The Hall–Kier alpha value is -1.11. The van der Waals surface area contributed by atoms with E-state index in [1.54, 1.807) is 0 Å². The first kappa shape index (κ1) is 7.53. The Labute approximate surface area is 73.1 Å². The molecular weight excluding hydrogens is 146 g/mol. The van der Waals surface area contributed by atoms with Crippen LogP contribution in [0, 0.1) is 0 Å². The van der Waals surface area contributed by atoms with E-state index >= 15 is 0 Å². The number of allylic oxidation sites excluding steroid dienone is 2. The second kappa shape index (κ2) is 2.74. The Balaban J connectivity index is 2.59. The van der Waals surface area contributed by atoms with Gasteiger partial charge in [-0.1, -0.05) is 5.57 Å². The van der Waals surface area contributed by atoms with Crippen LogP contribution in [0.5, 0.6) is 0 Å². The molecule has 62 valence electrons. The van der Waals surface area contributed by atoms with Crippen molar-refractivity contribution in [2.45, 2.75) is 26.7 Å².